The highest BCUT2D eigenvalue weighted by atomic mass is 35.5. The van der Waals surface area contributed by atoms with E-state index in [1.165, 1.54) is 16.7 Å². The summed E-state index contributed by atoms with van der Waals surface area (Å²) in [5.41, 5.74) is 1.54. The molecule has 1 saturated heterocycles. The third kappa shape index (κ3) is 3.46. The van der Waals surface area contributed by atoms with Gasteiger partial charge in [0.15, 0.2) is 0 Å². The van der Waals surface area contributed by atoms with E-state index in [2.05, 4.69) is 5.32 Å². The molecule has 1 aliphatic heterocycles. The van der Waals surface area contributed by atoms with Gasteiger partial charge in [-0.2, -0.15) is 0 Å². The van der Waals surface area contributed by atoms with Crippen molar-refractivity contribution in [3.05, 3.63) is 28.8 Å². The maximum Gasteiger partial charge on any atom is 0.244 e. The van der Waals surface area contributed by atoms with E-state index in [1.807, 2.05) is 13.0 Å². The Labute approximate surface area is 125 Å². The minimum absolute atomic E-state index is 0.0594. The summed E-state index contributed by atoms with van der Waals surface area (Å²) < 4.78 is 0.446. The van der Waals surface area contributed by atoms with Gasteiger partial charge in [-0.15, -0.1) is 0 Å². The van der Waals surface area contributed by atoms with Gasteiger partial charge in [0.25, 0.3) is 0 Å². The van der Waals surface area contributed by atoms with E-state index < -0.39 is 0 Å². The topological polar surface area (TPSA) is 49.4 Å². The number of halogens is 1. The zero-order valence-electron chi connectivity index (χ0n) is 10.1. The van der Waals surface area contributed by atoms with Gasteiger partial charge in [-0.05, 0) is 24.6 Å². The summed E-state index contributed by atoms with van der Waals surface area (Å²) in [6, 6.07) is 5.26. The van der Waals surface area contributed by atoms with Crippen molar-refractivity contribution < 1.29 is 9.59 Å². The maximum absolute atomic E-state index is 11.8. The molecule has 7 heteroatoms. The summed E-state index contributed by atoms with van der Waals surface area (Å²) in [5, 5.41) is 3.28. The molecule has 4 nitrogen and oxygen atoms in total. The second kappa shape index (κ2) is 5.90. The van der Waals surface area contributed by atoms with Crippen LogP contribution >= 0.6 is 35.6 Å². The Balaban J connectivity index is 1.99. The lowest BCUT2D eigenvalue weighted by Gasteiger charge is -2.14. The molecule has 0 saturated carbocycles. The van der Waals surface area contributed by atoms with Gasteiger partial charge < -0.3 is 5.32 Å². The quantitative estimate of drug-likeness (QED) is 0.871. The van der Waals surface area contributed by atoms with Crippen LogP contribution in [0.5, 0.6) is 0 Å². The number of carbonyl (C=O) groups is 2. The summed E-state index contributed by atoms with van der Waals surface area (Å²) >= 11 is 12.3. The molecule has 1 N–H and O–H groups in total. The SMILES string of the molecule is Cc1ccc(NC(=O)CN2C(=O)CSC2=S)cc1Cl. The van der Waals surface area contributed by atoms with Gasteiger partial charge >= 0.3 is 0 Å². The van der Waals surface area contributed by atoms with E-state index in [0.717, 1.165) is 5.56 Å². The third-order valence-corrected chi connectivity index (χ3v) is 4.44. The summed E-state index contributed by atoms with van der Waals surface area (Å²) in [6.07, 6.45) is 0. The molecule has 0 aromatic heterocycles. The first-order chi connectivity index (χ1) is 8.97. The Morgan fingerprint density at radius 1 is 1.58 bits per heavy atom. The molecule has 0 radical (unpaired) electrons. The number of hydrogen-bond donors (Lipinski definition) is 1. The zero-order valence-corrected chi connectivity index (χ0v) is 12.5. The van der Waals surface area contributed by atoms with E-state index in [0.29, 0.717) is 20.8 Å². The van der Waals surface area contributed by atoms with Crippen molar-refractivity contribution in [2.24, 2.45) is 0 Å². The van der Waals surface area contributed by atoms with Crippen molar-refractivity contribution in [2.45, 2.75) is 6.92 Å². The standard InChI is InChI=1S/C12H11ClN2O2S2/c1-7-2-3-8(4-9(7)13)14-10(16)5-15-11(17)6-19-12(15)18/h2-4H,5-6H2,1H3,(H,14,16). The van der Waals surface area contributed by atoms with Crippen LogP contribution in [0.2, 0.25) is 5.02 Å². The van der Waals surface area contributed by atoms with Crippen molar-refractivity contribution in [2.75, 3.05) is 17.6 Å². The number of nitrogens with one attached hydrogen (secondary N) is 1. The van der Waals surface area contributed by atoms with Gasteiger partial charge in [-0.25, -0.2) is 0 Å². The van der Waals surface area contributed by atoms with Crippen LogP contribution in [0.1, 0.15) is 5.56 Å². The lowest BCUT2D eigenvalue weighted by atomic mass is 10.2. The molecule has 0 bridgehead atoms. The number of aryl methyl sites for hydroxylation is 1. The minimum atomic E-state index is -0.293. The molecule has 19 heavy (non-hydrogen) atoms. The number of amides is 2. The average Bonchev–Trinajstić information content (AvgIpc) is 2.66. The minimum Gasteiger partial charge on any atom is -0.324 e. The number of hydrogen-bond acceptors (Lipinski definition) is 4. The summed E-state index contributed by atoms with van der Waals surface area (Å²) in [5.74, 6) is -0.118. The molecule has 0 unspecified atom stereocenters. The molecule has 1 aromatic carbocycles. The second-order valence-electron chi connectivity index (χ2n) is 4.05. The Bertz CT molecular complexity index is 547. The molecule has 100 valence electrons. The fraction of sp³-hybridized carbons (Fsp3) is 0.250. The third-order valence-electron chi connectivity index (χ3n) is 2.60. The number of benzene rings is 1. The molecular weight excluding hydrogens is 304 g/mol. The van der Waals surface area contributed by atoms with E-state index in [4.69, 9.17) is 23.8 Å². The number of thioether (sulfide) groups is 1. The maximum atomic E-state index is 11.8. The van der Waals surface area contributed by atoms with E-state index in [1.54, 1.807) is 12.1 Å². The normalized spacial score (nSPS) is 14.9. The predicted octanol–water partition coefficient (Wildman–Crippen LogP) is 2.45. The summed E-state index contributed by atoms with van der Waals surface area (Å²) in [4.78, 5) is 24.6. The van der Waals surface area contributed by atoms with Gasteiger partial charge in [0.2, 0.25) is 11.8 Å². The molecule has 1 aromatic rings. The van der Waals surface area contributed by atoms with Crippen LogP contribution in [0.25, 0.3) is 0 Å². The molecule has 1 fully saturated rings. The smallest absolute Gasteiger partial charge is 0.244 e. The molecule has 2 amide bonds. The average molecular weight is 315 g/mol. The van der Waals surface area contributed by atoms with Crippen LogP contribution in [-0.2, 0) is 9.59 Å². The van der Waals surface area contributed by atoms with Crippen molar-refractivity contribution in [1.82, 2.24) is 4.90 Å². The predicted molar refractivity (Wildman–Crippen MR) is 81.6 cm³/mol. The molecule has 0 spiro atoms. The van der Waals surface area contributed by atoms with E-state index >= 15 is 0 Å². The van der Waals surface area contributed by atoms with Crippen LogP contribution < -0.4 is 5.32 Å². The highest BCUT2D eigenvalue weighted by molar-refractivity contribution is 8.23. The molecule has 1 aliphatic rings. The number of carbonyl (C=O) groups excluding carboxylic acids is 2. The fourth-order valence-corrected chi connectivity index (χ4v) is 2.80. The molecule has 1 heterocycles. The monoisotopic (exact) mass is 314 g/mol. The van der Waals surface area contributed by atoms with Gasteiger partial charge in [0.1, 0.15) is 10.9 Å². The Hall–Kier alpha value is -1.11. The van der Waals surface area contributed by atoms with E-state index in [9.17, 15) is 9.59 Å². The van der Waals surface area contributed by atoms with Crippen LogP contribution in [0.4, 0.5) is 5.69 Å². The summed E-state index contributed by atoms with van der Waals surface area (Å²) in [6.45, 7) is 1.82. The summed E-state index contributed by atoms with van der Waals surface area (Å²) in [7, 11) is 0. The number of rotatable bonds is 3. The number of anilines is 1. The highest BCUT2D eigenvalue weighted by Crippen LogP contribution is 2.21. The lowest BCUT2D eigenvalue weighted by molar-refractivity contribution is -0.127. The van der Waals surface area contributed by atoms with Crippen LogP contribution in [0, 0.1) is 6.92 Å². The van der Waals surface area contributed by atoms with Gasteiger partial charge in [-0.1, -0.05) is 41.6 Å². The first-order valence-corrected chi connectivity index (χ1v) is 7.27. The largest absolute Gasteiger partial charge is 0.324 e. The van der Waals surface area contributed by atoms with Crippen LogP contribution in [-0.4, -0.2) is 33.3 Å². The van der Waals surface area contributed by atoms with E-state index in [-0.39, 0.29) is 18.4 Å². The van der Waals surface area contributed by atoms with Gasteiger partial charge in [0.05, 0.1) is 5.75 Å². The van der Waals surface area contributed by atoms with Crippen molar-refractivity contribution in [1.29, 1.82) is 0 Å². The van der Waals surface area contributed by atoms with Crippen LogP contribution in [0.15, 0.2) is 18.2 Å². The molecule has 0 atom stereocenters. The Morgan fingerprint density at radius 3 is 2.89 bits per heavy atom. The Morgan fingerprint density at radius 2 is 2.32 bits per heavy atom. The van der Waals surface area contributed by atoms with Crippen molar-refractivity contribution in [3.8, 4) is 0 Å². The van der Waals surface area contributed by atoms with Gasteiger partial charge in [0, 0.05) is 10.7 Å². The first-order valence-electron chi connectivity index (χ1n) is 5.50. The van der Waals surface area contributed by atoms with Crippen LogP contribution in [0.3, 0.4) is 0 Å². The highest BCUT2D eigenvalue weighted by Gasteiger charge is 2.28. The first kappa shape index (κ1) is 14.3. The lowest BCUT2D eigenvalue weighted by Crippen LogP contribution is -2.36. The van der Waals surface area contributed by atoms with Gasteiger partial charge in [-0.3, -0.25) is 14.5 Å². The number of thiocarbonyl (C=S) groups is 1. The molecule has 0 aliphatic carbocycles. The molecular formula is C12H11ClN2O2S2. The zero-order chi connectivity index (χ0) is 14.0. The number of nitrogens with zero attached hydrogens (tertiary/aromatic N) is 1. The van der Waals surface area contributed by atoms with Crippen molar-refractivity contribution >= 4 is 57.4 Å². The second-order valence-corrected chi connectivity index (χ2v) is 6.06. The Kier molecular flexibility index (Phi) is 4.44. The fourth-order valence-electron chi connectivity index (χ4n) is 1.55. The van der Waals surface area contributed by atoms with Crippen molar-refractivity contribution in [3.63, 3.8) is 0 Å². The molecule has 2 rings (SSSR count).